The number of rotatable bonds is 0. The van der Waals surface area contributed by atoms with Gasteiger partial charge in [0.25, 0.3) is 0 Å². The molecule has 6 rings (SSSR count). The summed E-state index contributed by atoms with van der Waals surface area (Å²) < 4.78 is 0. The molecule has 24 heavy (non-hydrogen) atoms. The van der Waals surface area contributed by atoms with E-state index in [9.17, 15) is 10.2 Å². The van der Waals surface area contributed by atoms with E-state index in [0.717, 1.165) is 48.3 Å². The van der Waals surface area contributed by atoms with Crippen molar-refractivity contribution >= 4 is 0 Å². The molecule has 6 aliphatic carbocycles. The normalized spacial score (nSPS) is 72.1. The number of hydrogen-bond donors (Lipinski definition) is 2. The van der Waals surface area contributed by atoms with Gasteiger partial charge in [0, 0.05) is 6.42 Å². The van der Waals surface area contributed by atoms with Crippen molar-refractivity contribution in [1.82, 2.24) is 0 Å². The zero-order valence-corrected chi connectivity index (χ0v) is 15.5. The molecule has 0 spiro atoms. The number of hydrogen-bond acceptors (Lipinski definition) is 2. The third-order valence-electron chi connectivity index (χ3n) is 11.0. The molecule has 0 aromatic carbocycles. The molecule has 6 fully saturated rings. The summed E-state index contributed by atoms with van der Waals surface area (Å²) in [5.74, 6) is 6.77. The summed E-state index contributed by atoms with van der Waals surface area (Å²) in [6.45, 7) is 7.58. The Hall–Kier alpha value is -0.0800. The van der Waals surface area contributed by atoms with E-state index in [1.807, 2.05) is 0 Å². The van der Waals surface area contributed by atoms with Crippen molar-refractivity contribution in [3.05, 3.63) is 0 Å². The Morgan fingerprint density at radius 1 is 0.917 bits per heavy atom. The van der Waals surface area contributed by atoms with Gasteiger partial charge in [0.1, 0.15) is 0 Å². The van der Waals surface area contributed by atoms with Crippen molar-refractivity contribution in [2.75, 3.05) is 0 Å². The maximum Gasteiger partial charge on any atom is 0.0759 e. The lowest BCUT2D eigenvalue weighted by Gasteiger charge is -2.64. The van der Waals surface area contributed by atoms with Gasteiger partial charge in [0.05, 0.1) is 11.7 Å². The lowest BCUT2D eigenvalue weighted by atomic mass is 9.42. The van der Waals surface area contributed by atoms with Crippen LogP contribution in [0.2, 0.25) is 0 Å². The first-order valence-corrected chi connectivity index (χ1v) is 10.7. The minimum absolute atomic E-state index is 0.0616. The molecule has 0 saturated heterocycles. The van der Waals surface area contributed by atoms with Crippen LogP contribution >= 0.6 is 0 Å². The first-order valence-electron chi connectivity index (χ1n) is 10.7. The third kappa shape index (κ3) is 1.43. The fourth-order valence-corrected chi connectivity index (χ4v) is 9.49. The predicted molar refractivity (Wildman–Crippen MR) is 93.1 cm³/mol. The van der Waals surface area contributed by atoms with Gasteiger partial charge < -0.3 is 10.2 Å². The van der Waals surface area contributed by atoms with E-state index in [2.05, 4.69) is 20.8 Å². The SMILES string of the molecule is C[C@H]1[C@H]2CC2C2C3C4CC4C4(O)CC(O)CCC4(C)C3CCC21C. The Bertz CT molecular complexity index is 603. The molecular weight excluding hydrogens is 296 g/mol. The Labute approximate surface area is 146 Å². The Balaban J connectivity index is 1.44. The summed E-state index contributed by atoms with van der Waals surface area (Å²) in [5, 5.41) is 22.0. The van der Waals surface area contributed by atoms with Crippen molar-refractivity contribution in [1.29, 1.82) is 0 Å². The van der Waals surface area contributed by atoms with Crippen LogP contribution in [0.3, 0.4) is 0 Å². The second-order valence-electron chi connectivity index (χ2n) is 11.4. The van der Waals surface area contributed by atoms with Gasteiger partial charge in [-0.2, -0.15) is 0 Å². The second-order valence-corrected chi connectivity index (χ2v) is 11.4. The summed E-state index contributed by atoms with van der Waals surface area (Å²) in [5.41, 5.74) is 0.0748. The summed E-state index contributed by atoms with van der Waals surface area (Å²) in [6.07, 6.45) is 7.80. The van der Waals surface area contributed by atoms with Crippen LogP contribution in [-0.2, 0) is 0 Å². The van der Waals surface area contributed by atoms with E-state index in [1.165, 1.54) is 25.7 Å². The average molecular weight is 331 g/mol. The van der Waals surface area contributed by atoms with Crippen molar-refractivity contribution in [2.45, 2.75) is 77.4 Å². The highest BCUT2D eigenvalue weighted by Crippen LogP contribution is 2.80. The first kappa shape index (κ1) is 15.0. The Morgan fingerprint density at radius 2 is 1.71 bits per heavy atom. The fraction of sp³-hybridized carbons (Fsp3) is 1.00. The molecule has 2 heteroatoms. The lowest BCUT2D eigenvalue weighted by Crippen LogP contribution is -2.64. The maximum absolute atomic E-state index is 11.7. The Morgan fingerprint density at radius 3 is 2.50 bits per heavy atom. The topological polar surface area (TPSA) is 40.5 Å². The number of fused-ring (bicyclic) bond motifs is 10. The minimum atomic E-state index is -0.572. The molecule has 0 amide bonds. The first-order chi connectivity index (χ1) is 11.3. The van der Waals surface area contributed by atoms with Gasteiger partial charge in [-0.15, -0.1) is 0 Å². The summed E-state index contributed by atoms with van der Waals surface area (Å²) in [7, 11) is 0. The third-order valence-corrected chi connectivity index (χ3v) is 11.0. The quantitative estimate of drug-likeness (QED) is 0.708. The van der Waals surface area contributed by atoms with Gasteiger partial charge in [0.15, 0.2) is 0 Å². The van der Waals surface area contributed by atoms with E-state index < -0.39 is 5.60 Å². The van der Waals surface area contributed by atoms with Crippen LogP contribution in [-0.4, -0.2) is 21.9 Å². The molecule has 0 bridgehead atoms. The van der Waals surface area contributed by atoms with Crippen molar-refractivity contribution in [3.63, 3.8) is 0 Å². The van der Waals surface area contributed by atoms with Crippen LogP contribution < -0.4 is 0 Å². The van der Waals surface area contributed by atoms with Crippen LogP contribution in [0.25, 0.3) is 0 Å². The number of aliphatic hydroxyl groups excluding tert-OH is 1. The molecule has 10 unspecified atom stereocenters. The van der Waals surface area contributed by atoms with E-state index in [4.69, 9.17) is 0 Å². The van der Waals surface area contributed by atoms with Crippen LogP contribution in [0.15, 0.2) is 0 Å². The monoisotopic (exact) mass is 330 g/mol. The van der Waals surface area contributed by atoms with Gasteiger partial charge in [-0.1, -0.05) is 20.8 Å². The van der Waals surface area contributed by atoms with Gasteiger partial charge in [0.2, 0.25) is 0 Å². The van der Waals surface area contributed by atoms with Gasteiger partial charge in [-0.3, -0.25) is 0 Å². The van der Waals surface area contributed by atoms with E-state index in [-0.39, 0.29) is 11.5 Å². The molecule has 0 radical (unpaired) electrons. The molecule has 6 aliphatic rings. The van der Waals surface area contributed by atoms with Crippen LogP contribution in [0.5, 0.6) is 0 Å². The molecule has 0 aromatic rings. The lowest BCUT2D eigenvalue weighted by molar-refractivity contribution is -0.228. The van der Waals surface area contributed by atoms with E-state index >= 15 is 0 Å². The summed E-state index contributed by atoms with van der Waals surface area (Å²) in [4.78, 5) is 0. The molecule has 0 aliphatic heterocycles. The largest absolute Gasteiger partial charge is 0.393 e. The summed E-state index contributed by atoms with van der Waals surface area (Å²) in [6, 6.07) is 0. The van der Waals surface area contributed by atoms with Crippen molar-refractivity contribution < 1.29 is 10.2 Å². The maximum atomic E-state index is 11.7. The smallest absolute Gasteiger partial charge is 0.0759 e. The highest BCUT2D eigenvalue weighted by molar-refractivity contribution is 5.26. The molecule has 134 valence electrons. The highest BCUT2D eigenvalue weighted by atomic mass is 16.3. The molecule has 6 saturated carbocycles. The van der Waals surface area contributed by atoms with Crippen LogP contribution in [0.4, 0.5) is 0 Å². The molecule has 2 nitrogen and oxygen atoms in total. The molecule has 2 N–H and O–H groups in total. The van der Waals surface area contributed by atoms with Gasteiger partial charge >= 0.3 is 0 Å². The zero-order valence-electron chi connectivity index (χ0n) is 15.5. The zero-order chi connectivity index (χ0) is 16.6. The Kier molecular flexibility index (Phi) is 2.56. The fourth-order valence-electron chi connectivity index (χ4n) is 9.49. The number of aliphatic hydroxyl groups is 2. The highest BCUT2D eigenvalue weighted by Gasteiger charge is 2.77. The minimum Gasteiger partial charge on any atom is -0.393 e. The molecule has 12 atom stereocenters. The molecule has 0 aromatic heterocycles. The van der Waals surface area contributed by atoms with Crippen LogP contribution in [0.1, 0.15) is 65.7 Å². The predicted octanol–water partition coefficient (Wildman–Crippen LogP) is 3.85. The second kappa shape index (κ2) is 4.09. The van der Waals surface area contributed by atoms with Crippen LogP contribution in [0, 0.1) is 58.2 Å². The van der Waals surface area contributed by atoms with Gasteiger partial charge in [-0.05, 0) is 96.7 Å². The van der Waals surface area contributed by atoms with Gasteiger partial charge in [-0.25, -0.2) is 0 Å². The average Bonchev–Trinajstić information content (AvgIpc) is 3.41. The standard InChI is InChI=1S/C22H34O2/c1-11-13-8-14(13)19-18-15-9-17(15)22(24)10-12(23)4-7-21(22,3)16(18)5-6-20(11,19)2/h11-19,23-24H,4-10H2,1-3H3/t11-,12?,13+,14?,15?,16?,17?,18?,19?,20?,21?,22?/m0/s1. The van der Waals surface area contributed by atoms with Crippen molar-refractivity contribution in [3.8, 4) is 0 Å². The molecule has 0 heterocycles. The van der Waals surface area contributed by atoms with E-state index in [0.29, 0.717) is 23.7 Å². The molecular formula is C22H34O2. The van der Waals surface area contributed by atoms with E-state index in [1.54, 1.807) is 0 Å². The summed E-state index contributed by atoms with van der Waals surface area (Å²) >= 11 is 0. The van der Waals surface area contributed by atoms with Crippen molar-refractivity contribution in [2.24, 2.45) is 58.2 Å².